The van der Waals surface area contributed by atoms with Gasteiger partial charge in [-0.3, -0.25) is 9.69 Å². The van der Waals surface area contributed by atoms with Crippen LogP contribution >= 0.6 is 11.3 Å². The van der Waals surface area contributed by atoms with E-state index >= 15 is 0 Å². The minimum absolute atomic E-state index is 0.136. The van der Waals surface area contributed by atoms with Gasteiger partial charge in [0, 0.05) is 37.7 Å². The van der Waals surface area contributed by atoms with Gasteiger partial charge >= 0.3 is 0 Å². The highest BCUT2D eigenvalue weighted by Crippen LogP contribution is 2.25. The Morgan fingerprint density at radius 2 is 2.33 bits per heavy atom. The van der Waals surface area contributed by atoms with Crippen molar-refractivity contribution in [2.45, 2.75) is 25.9 Å². The zero-order valence-corrected chi connectivity index (χ0v) is 14.5. The number of rotatable bonds is 6. The number of aromatic nitrogens is 1. The standard InChI is InChI=1S/C16H22N4O3S/c1-11-2-3-13(23-11)9-19-5-6-20(8-12(19)4-7-21)16-18-14(10-24-16)15(17)22/h2-3,10,12,21H,4-9H2,1H3,(H2,17,22). The molecule has 24 heavy (non-hydrogen) atoms. The van der Waals surface area contributed by atoms with Crippen molar-refractivity contribution in [2.24, 2.45) is 5.73 Å². The molecule has 3 N–H and O–H groups in total. The van der Waals surface area contributed by atoms with Crippen molar-refractivity contribution in [3.8, 4) is 0 Å². The molecule has 0 aromatic carbocycles. The van der Waals surface area contributed by atoms with Gasteiger partial charge in [-0.15, -0.1) is 11.3 Å². The molecule has 130 valence electrons. The summed E-state index contributed by atoms with van der Waals surface area (Å²) < 4.78 is 5.67. The second-order valence-electron chi connectivity index (χ2n) is 5.97. The second-order valence-corrected chi connectivity index (χ2v) is 6.81. The Balaban J connectivity index is 1.68. The smallest absolute Gasteiger partial charge is 0.268 e. The van der Waals surface area contributed by atoms with Gasteiger partial charge in [-0.25, -0.2) is 4.98 Å². The van der Waals surface area contributed by atoms with Gasteiger partial charge in [-0.05, 0) is 25.5 Å². The molecule has 1 aliphatic heterocycles. The lowest BCUT2D eigenvalue weighted by molar-refractivity contribution is 0.0996. The van der Waals surface area contributed by atoms with Crippen molar-refractivity contribution < 1.29 is 14.3 Å². The quantitative estimate of drug-likeness (QED) is 0.813. The molecule has 0 radical (unpaired) electrons. The van der Waals surface area contributed by atoms with Gasteiger partial charge in [-0.1, -0.05) is 0 Å². The molecule has 0 spiro atoms. The average Bonchev–Trinajstić information content (AvgIpc) is 3.18. The molecule has 1 saturated heterocycles. The highest BCUT2D eigenvalue weighted by atomic mass is 32.1. The molecule has 2 aromatic rings. The molecule has 1 amide bonds. The van der Waals surface area contributed by atoms with Crippen LogP contribution in [0.2, 0.25) is 0 Å². The number of anilines is 1. The summed E-state index contributed by atoms with van der Waals surface area (Å²) in [6.07, 6.45) is 0.685. The normalized spacial score (nSPS) is 18.9. The molecule has 0 saturated carbocycles. The number of nitrogens with two attached hydrogens (primary N) is 1. The molecule has 7 nitrogen and oxygen atoms in total. The number of amides is 1. The van der Waals surface area contributed by atoms with E-state index in [1.54, 1.807) is 5.38 Å². The van der Waals surface area contributed by atoms with E-state index in [9.17, 15) is 9.90 Å². The number of aryl methyl sites for hydroxylation is 1. The van der Waals surface area contributed by atoms with E-state index in [1.165, 1.54) is 11.3 Å². The molecule has 1 fully saturated rings. The molecule has 3 heterocycles. The number of hydrogen-bond acceptors (Lipinski definition) is 7. The fraction of sp³-hybridized carbons (Fsp3) is 0.500. The van der Waals surface area contributed by atoms with Gasteiger partial charge in [0.2, 0.25) is 0 Å². The zero-order chi connectivity index (χ0) is 17.1. The van der Waals surface area contributed by atoms with E-state index in [0.29, 0.717) is 12.1 Å². The Morgan fingerprint density at radius 3 is 2.96 bits per heavy atom. The van der Waals surface area contributed by atoms with Crippen LogP contribution in [0.25, 0.3) is 0 Å². The Bertz CT molecular complexity index is 699. The predicted molar refractivity (Wildman–Crippen MR) is 92.2 cm³/mol. The Hall–Kier alpha value is -1.90. The average molecular weight is 350 g/mol. The third kappa shape index (κ3) is 3.77. The van der Waals surface area contributed by atoms with Crippen LogP contribution in [0, 0.1) is 6.92 Å². The monoisotopic (exact) mass is 350 g/mol. The van der Waals surface area contributed by atoms with E-state index in [4.69, 9.17) is 10.2 Å². The minimum atomic E-state index is -0.503. The van der Waals surface area contributed by atoms with Crippen LogP contribution in [0.5, 0.6) is 0 Å². The van der Waals surface area contributed by atoms with Crippen LogP contribution < -0.4 is 10.6 Å². The third-order valence-corrected chi connectivity index (χ3v) is 5.14. The van der Waals surface area contributed by atoms with Gasteiger partial charge in [0.1, 0.15) is 17.2 Å². The van der Waals surface area contributed by atoms with Gasteiger partial charge in [0.25, 0.3) is 5.91 Å². The van der Waals surface area contributed by atoms with Gasteiger partial charge < -0.3 is 20.2 Å². The number of aliphatic hydroxyl groups excluding tert-OH is 1. The number of nitrogens with zero attached hydrogens (tertiary/aromatic N) is 3. The Labute approximate surface area is 144 Å². The largest absolute Gasteiger partial charge is 0.465 e. The molecule has 1 aliphatic rings. The Kier molecular flexibility index (Phi) is 5.17. The van der Waals surface area contributed by atoms with Gasteiger partial charge in [0.15, 0.2) is 5.13 Å². The second kappa shape index (κ2) is 7.33. The van der Waals surface area contributed by atoms with Crippen molar-refractivity contribution in [1.82, 2.24) is 9.88 Å². The predicted octanol–water partition coefficient (Wildman–Crippen LogP) is 1.22. The maximum absolute atomic E-state index is 11.2. The molecular formula is C16H22N4O3S. The summed E-state index contributed by atoms with van der Waals surface area (Å²) in [5, 5.41) is 11.9. The fourth-order valence-corrected chi connectivity index (χ4v) is 3.84. The minimum Gasteiger partial charge on any atom is -0.465 e. The molecule has 0 aliphatic carbocycles. The molecule has 2 aromatic heterocycles. The van der Waals surface area contributed by atoms with E-state index in [0.717, 1.165) is 42.8 Å². The lowest BCUT2D eigenvalue weighted by Gasteiger charge is -2.41. The summed E-state index contributed by atoms with van der Waals surface area (Å²) in [4.78, 5) is 20.0. The zero-order valence-electron chi connectivity index (χ0n) is 13.6. The molecule has 8 heteroatoms. The fourth-order valence-electron chi connectivity index (χ4n) is 2.99. The molecule has 0 bridgehead atoms. The summed E-state index contributed by atoms with van der Waals surface area (Å²) in [6, 6.07) is 4.17. The molecule has 3 rings (SSSR count). The van der Waals surface area contributed by atoms with Crippen LogP contribution in [0.4, 0.5) is 5.13 Å². The van der Waals surface area contributed by atoms with Crippen molar-refractivity contribution in [3.63, 3.8) is 0 Å². The first-order valence-corrected chi connectivity index (χ1v) is 8.85. The summed E-state index contributed by atoms with van der Waals surface area (Å²) in [6.45, 7) is 5.22. The Morgan fingerprint density at radius 1 is 1.50 bits per heavy atom. The third-order valence-electron chi connectivity index (χ3n) is 4.24. The lowest BCUT2D eigenvalue weighted by atomic mass is 10.1. The first kappa shape index (κ1) is 16.9. The maximum atomic E-state index is 11.2. The highest BCUT2D eigenvalue weighted by Gasteiger charge is 2.29. The van der Waals surface area contributed by atoms with E-state index < -0.39 is 5.91 Å². The van der Waals surface area contributed by atoms with Gasteiger partial charge in [-0.2, -0.15) is 0 Å². The van der Waals surface area contributed by atoms with Crippen molar-refractivity contribution in [3.05, 3.63) is 34.7 Å². The van der Waals surface area contributed by atoms with Crippen LogP contribution in [-0.4, -0.2) is 53.2 Å². The van der Waals surface area contributed by atoms with Crippen LogP contribution in [0.3, 0.4) is 0 Å². The number of piperazine rings is 1. The number of aliphatic hydroxyl groups is 1. The number of carbonyl (C=O) groups excluding carboxylic acids is 1. The van der Waals surface area contributed by atoms with Crippen LogP contribution in [0.15, 0.2) is 21.9 Å². The van der Waals surface area contributed by atoms with Crippen LogP contribution in [0.1, 0.15) is 28.4 Å². The summed E-state index contributed by atoms with van der Waals surface area (Å²) >= 11 is 1.43. The molecule has 1 unspecified atom stereocenters. The van der Waals surface area contributed by atoms with Crippen LogP contribution in [-0.2, 0) is 6.54 Å². The number of primary amides is 1. The molecule has 1 atom stereocenters. The van der Waals surface area contributed by atoms with E-state index in [2.05, 4.69) is 14.8 Å². The summed E-state index contributed by atoms with van der Waals surface area (Å²) in [5.41, 5.74) is 5.58. The lowest BCUT2D eigenvalue weighted by Crippen LogP contribution is -2.53. The van der Waals surface area contributed by atoms with E-state index in [1.807, 2.05) is 19.1 Å². The number of carbonyl (C=O) groups is 1. The van der Waals surface area contributed by atoms with Crippen molar-refractivity contribution in [1.29, 1.82) is 0 Å². The first-order valence-electron chi connectivity index (χ1n) is 7.97. The number of furan rings is 1. The number of hydrogen-bond donors (Lipinski definition) is 2. The first-order chi connectivity index (χ1) is 11.6. The van der Waals surface area contributed by atoms with E-state index in [-0.39, 0.29) is 12.6 Å². The van der Waals surface area contributed by atoms with Gasteiger partial charge in [0.05, 0.1) is 6.54 Å². The SMILES string of the molecule is Cc1ccc(CN2CCN(c3nc(C(N)=O)cs3)CC2CCO)o1. The summed E-state index contributed by atoms with van der Waals surface area (Å²) in [5.74, 6) is 1.34. The maximum Gasteiger partial charge on any atom is 0.268 e. The van der Waals surface area contributed by atoms with Crippen molar-refractivity contribution in [2.75, 3.05) is 31.1 Å². The van der Waals surface area contributed by atoms with Crippen molar-refractivity contribution >= 4 is 22.4 Å². The molecular weight excluding hydrogens is 328 g/mol. The topological polar surface area (TPSA) is 95.8 Å². The number of thiazole rings is 1. The highest BCUT2D eigenvalue weighted by molar-refractivity contribution is 7.13. The summed E-state index contributed by atoms with van der Waals surface area (Å²) in [7, 11) is 0.